The van der Waals surface area contributed by atoms with E-state index in [1.54, 1.807) is 6.92 Å². The molecule has 19 atom stereocenters. The van der Waals surface area contributed by atoms with Crippen molar-refractivity contribution in [2.24, 2.45) is 5.92 Å². The fourth-order valence-electron chi connectivity index (χ4n) is 6.05. The van der Waals surface area contributed by atoms with Gasteiger partial charge < -0.3 is 94.6 Å². The molecule has 47 heavy (non-hydrogen) atoms. The van der Waals surface area contributed by atoms with Crippen LogP contribution in [-0.2, 0) is 38.0 Å². The van der Waals surface area contributed by atoms with Crippen LogP contribution in [0.4, 0.5) is 0 Å². The molecule has 0 aliphatic carbocycles. The van der Waals surface area contributed by atoms with E-state index in [4.69, 9.17) is 33.2 Å². The van der Waals surface area contributed by atoms with Gasteiger partial charge in [-0.1, -0.05) is 6.92 Å². The second-order valence-corrected chi connectivity index (χ2v) is 12.2. The summed E-state index contributed by atoms with van der Waals surface area (Å²) in [6.07, 6.45) is -27.0. The number of amides is 1. The first-order valence-corrected chi connectivity index (χ1v) is 15.3. The molecule has 20 heteroatoms. The van der Waals surface area contributed by atoms with Crippen molar-refractivity contribution < 1.29 is 94.1 Å². The molecule has 0 aromatic carbocycles. The Morgan fingerprint density at radius 1 is 0.596 bits per heavy atom. The number of ether oxygens (including phenoxy) is 7. The number of carbonyl (C=O) groups excluding carboxylic acids is 1. The lowest BCUT2D eigenvalue weighted by molar-refractivity contribution is -0.374. The second-order valence-electron chi connectivity index (χ2n) is 12.2. The smallest absolute Gasteiger partial charge is 0.217 e. The molecule has 12 unspecified atom stereocenters. The number of aliphatic hydroxyl groups excluding tert-OH is 11. The van der Waals surface area contributed by atoms with Crippen LogP contribution in [-0.4, -0.2) is 205 Å². The van der Waals surface area contributed by atoms with Crippen molar-refractivity contribution in [3.05, 3.63) is 0 Å². The molecule has 274 valence electrons. The van der Waals surface area contributed by atoms with E-state index in [-0.39, 0.29) is 6.61 Å². The molecular weight excluding hydrogens is 642 g/mol. The minimum atomic E-state index is -1.88. The van der Waals surface area contributed by atoms with E-state index in [0.717, 1.165) is 6.92 Å². The third kappa shape index (κ3) is 8.22. The number of aliphatic hydroxyl groups is 11. The van der Waals surface area contributed by atoms with Crippen LogP contribution < -0.4 is 5.32 Å². The number of rotatable bonds is 11. The minimum absolute atomic E-state index is 0.114. The van der Waals surface area contributed by atoms with Gasteiger partial charge in [0.1, 0.15) is 85.4 Å². The van der Waals surface area contributed by atoms with Gasteiger partial charge in [-0.3, -0.25) is 4.79 Å². The number of hydrogen-bond donors (Lipinski definition) is 12. The molecule has 4 fully saturated rings. The molecule has 4 aliphatic heterocycles. The molecule has 0 spiro atoms. The van der Waals surface area contributed by atoms with Crippen molar-refractivity contribution in [2.75, 3.05) is 33.0 Å². The van der Waals surface area contributed by atoms with Crippen LogP contribution in [0.5, 0.6) is 0 Å². The van der Waals surface area contributed by atoms with Crippen molar-refractivity contribution in [1.29, 1.82) is 0 Å². The summed E-state index contributed by atoms with van der Waals surface area (Å²) >= 11 is 0. The highest BCUT2D eigenvalue weighted by atomic mass is 16.8. The monoisotopic (exact) mass is 689 g/mol. The predicted octanol–water partition coefficient (Wildman–Crippen LogP) is -7.65. The van der Waals surface area contributed by atoms with Gasteiger partial charge in [0.25, 0.3) is 0 Å². The van der Waals surface area contributed by atoms with E-state index < -0.39 is 149 Å². The first kappa shape index (κ1) is 38.6. The summed E-state index contributed by atoms with van der Waals surface area (Å²) in [5.41, 5.74) is 0. The maximum Gasteiger partial charge on any atom is 0.217 e. The quantitative estimate of drug-likeness (QED) is 0.0958. The normalized spacial score (nSPS) is 49.4. The Morgan fingerprint density at radius 3 is 1.64 bits per heavy atom. The van der Waals surface area contributed by atoms with Gasteiger partial charge in [-0.15, -0.1) is 0 Å². The summed E-state index contributed by atoms with van der Waals surface area (Å²) in [4.78, 5) is 12.2. The molecule has 4 saturated heterocycles. The zero-order chi connectivity index (χ0) is 34.7. The van der Waals surface area contributed by atoms with Crippen molar-refractivity contribution >= 4 is 5.91 Å². The van der Waals surface area contributed by atoms with Crippen LogP contribution in [0.2, 0.25) is 0 Å². The van der Waals surface area contributed by atoms with Gasteiger partial charge in [0, 0.05) is 12.8 Å². The second kappa shape index (κ2) is 16.6. The van der Waals surface area contributed by atoms with Gasteiger partial charge in [0.15, 0.2) is 18.9 Å². The molecule has 12 N–H and O–H groups in total. The van der Waals surface area contributed by atoms with Gasteiger partial charge in [-0.25, -0.2) is 0 Å². The molecule has 0 aromatic rings. The zero-order valence-electron chi connectivity index (χ0n) is 25.7. The average Bonchev–Trinajstić information content (AvgIpc) is 3.05. The summed E-state index contributed by atoms with van der Waals surface area (Å²) in [7, 11) is 0. The van der Waals surface area contributed by atoms with E-state index in [1.165, 1.54) is 0 Å². The molecule has 0 radical (unpaired) electrons. The van der Waals surface area contributed by atoms with Crippen molar-refractivity contribution in [3.8, 4) is 0 Å². The lowest BCUT2D eigenvalue weighted by Gasteiger charge is -2.49. The average molecular weight is 690 g/mol. The fourth-order valence-corrected chi connectivity index (χ4v) is 6.05. The third-order valence-electron chi connectivity index (χ3n) is 8.81. The molecule has 1 amide bonds. The Labute approximate surface area is 268 Å². The minimum Gasteiger partial charge on any atom is -0.394 e. The van der Waals surface area contributed by atoms with Crippen LogP contribution in [0.1, 0.15) is 13.8 Å². The Balaban J connectivity index is 1.56. The molecule has 4 rings (SSSR count). The highest BCUT2D eigenvalue weighted by molar-refractivity contribution is 5.73. The van der Waals surface area contributed by atoms with Crippen LogP contribution in [0.15, 0.2) is 0 Å². The number of carbonyl (C=O) groups is 1. The van der Waals surface area contributed by atoms with Crippen LogP contribution >= 0.6 is 0 Å². The number of hydrogen-bond acceptors (Lipinski definition) is 19. The topological polar surface area (TPSA) is 316 Å². The SMILES string of the molecule is CC(=O)NC1C(O)[C@H](O[C@@H]2OC(CO)[C@H](O)C(O)C2O)C(CO)O[C@H]1OC1C(O)[C@H](O[C@@H]2C(CO)OCC(C)C2O)OC(CO)[C@@H]1O. The van der Waals surface area contributed by atoms with Gasteiger partial charge in [-0.05, 0) is 0 Å². The molecule has 0 aromatic heterocycles. The summed E-state index contributed by atoms with van der Waals surface area (Å²) in [5, 5.41) is 117. The van der Waals surface area contributed by atoms with E-state index in [1.807, 2.05) is 0 Å². The van der Waals surface area contributed by atoms with Crippen LogP contribution in [0, 0.1) is 5.92 Å². The number of nitrogens with one attached hydrogen (secondary N) is 1. The van der Waals surface area contributed by atoms with Crippen molar-refractivity contribution in [1.82, 2.24) is 5.32 Å². The summed E-state index contributed by atoms with van der Waals surface area (Å²) < 4.78 is 39.5. The molecule has 0 saturated carbocycles. The molecule has 4 aliphatic rings. The standard InChI is InChI=1S/C27H47NO19/c1-8-7-41-12(5-31)22(15(8)34)45-27-21(40)24(17(36)11(4-30)43-27)47-25-14(28-9(2)33)18(37)23(13(6-32)44-25)46-26-20(39)19(38)16(35)10(3-29)42-26/h8,10-27,29-32,34-40H,3-7H2,1-2H3,(H,28,33)/t8?,10?,11?,12?,13?,14?,15?,16-,17-,18?,19?,20?,21?,22+,23+,24?,25-,26-,27-/m0/s1. The predicted molar refractivity (Wildman–Crippen MR) is 148 cm³/mol. The van der Waals surface area contributed by atoms with E-state index in [0.29, 0.717) is 0 Å². The highest BCUT2D eigenvalue weighted by Gasteiger charge is 2.55. The summed E-state index contributed by atoms with van der Waals surface area (Å²) in [5.74, 6) is -1.14. The Bertz CT molecular complexity index is 994. The zero-order valence-corrected chi connectivity index (χ0v) is 25.7. The van der Waals surface area contributed by atoms with Crippen molar-refractivity contribution in [3.63, 3.8) is 0 Å². The Kier molecular flexibility index (Phi) is 13.6. The summed E-state index contributed by atoms with van der Waals surface area (Å²) in [6, 6.07) is -1.55. The Hall–Kier alpha value is -1.25. The fraction of sp³-hybridized carbons (Fsp3) is 0.963. The maximum atomic E-state index is 12.2. The van der Waals surface area contributed by atoms with Gasteiger partial charge >= 0.3 is 0 Å². The molecule has 20 nitrogen and oxygen atoms in total. The van der Waals surface area contributed by atoms with E-state index >= 15 is 0 Å². The summed E-state index contributed by atoms with van der Waals surface area (Å²) in [6.45, 7) is -0.115. The highest BCUT2D eigenvalue weighted by Crippen LogP contribution is 2.34. The lowest BCUT2D eigenvalue weighted by Crippen LogP contribution is -2.69. The molecule has 0 bridgehead atoms. The van der Waals surface area contributed by atoms with Crippen LogP contribution in [0.3, 0.4) is 0 Å². The van der Waals surface area contributed by atoms with E-state index in [2.05, 4.69) is 5.32 Å². The lowest BCUT2D eigenvalue weighted by atomic mass is 9.93. The largest absolute Gasteiger partial charge is 0.394 e. The maximum absolute atomic E-state index is 12.2. The van der Waals surface area contributed by atoms with Gasteiger partial charge in [0.2, 0.25) is 5.91 Å². The van der Waals surface area contributed by atoms with Crippen molar-refractivity contribution in [2.45, 2.75) is 124 Å². The molecular formula is C27H47NO19. The van der Waals surface area contributed by atoms with Crippen LogP contribution in [0.25, 0.3) is 0 Å². The third-order valence-corrected chi connectivity index (χ3v) is 8.81. The van der Waals surface area contributed by atoms with Gasteiger partial charge in [-0.2, -0.15) is 0 Å². The first-order chi connectivity index (χ1) is 22.3. The van der Waals surface area contributed by atoms with E-state index in [9.17, 15) is 61.0 Å². The molecule has 4 heterocycles. The Morgan fingerprint density at radius 2 is 1.09 bits per heavy atom. The first-order valence-electron chi connectivity index (χ1n) is 15.3. The van der Waals surface area contributed by atoms with Gasteiger partial charge in [0.05, 0.1) is 39.1 Å².